The van der Waals surface area contributed by atoms with E-state index < -0.39 is 0 Å². The quantitative estimate of drug-likeness (QED) is 0.856. The van der Waals surface area contributed by atoms with Crippen LogP contribution in [0.15, 0.2) is 30.3 Å². The van der Waals surface area contributed by atoms with E-state index in [1.165, 1.54) is 44.5 Å². The molecule has 1 heterocycles. The summed E-state index contributed by atoms with van der Waals surface area (Å²) >= 11 is 0. The van der Waals surface area contributed by atoms with Crippen molar-refractivity contribution in [1.82, 2.24) is 10.2 Å². The van der Waals surface area contributed by atoms with Crippen molar-refractivity contribution in [1.29, 1.82) is 0 Å². The number of likely N-dealkylation sites (N-methyl/N-ethyl adjacent to an activating group) is 1. The van der Waals surface area contributed by atoms with Crippen LogP contribution < -0.4 is 5.32 Å². The van der Waals surface area contributed by atoms with Gasteiger partial charge in [-0.15, -0.1) is 0 Å². The molecule has 1 aromatic rings. The van der Waals surface area contributed by atoms with E-state index >= 15 is 0 Å². The average molecular weight is 274 g/mol. The standard InChI is InChI=1S/C18H30N2/c1-4-19-18(2,3)15-20-12-10-17(11-13-20)14-16-8-6-5-7-9-16/h5-9,17,19H,4,10-15H2,1-3H3. The third-order valence-corrected chi connectivity index (χ3v) is 4.35. The highest BCUT2D eigenvalue weighted by Crippen LogP contribution is 2.22. The van der Waals surface area contributed by atoms with Crippen molar-refractivity contribution in [2.75, 3.05) is 26.2 Å². The lowest BCUT2D eigenvalue weighted by Crippen LogP contribution is -2.50. The highest BCUT2D eigenvalue weighted by Gasteiger charge is 2.24. The maximum Gasteiger partial charge on any atom is 0.0252 e. The Balaban J connectivity index is 1.75. The maximum atomic E-state index is 3.58. The van der Waals surface area contributed by atoms with Gasteiger partial charge in [-0.05, 0) is 64.2 Å². The fourth-order valence-corrected chi connectivity index (χ4v) is 3.39. The van der Waals surface area contributed by atoms with Gasteiger partial charge in [-0.3, -0.25) is 0 Å². The Morgan fingerprint density at radius 3 is 2.40 bits per heavy atom. The zero-order valence-electron chi connectivity index (χ0n) is 13.4. The first kappa shape index (κ1) is 15.5. The summed E-state index contributed by atoms with van der Waals surface area (Å²) in [6.07, 6.45) is 3.94. The van der Waals surface area contributed by atoms with Crippen LogP contribution in [0.1, 0.15) is 39.2 Å². The summed E-state index contributed by atoms with van der Waals surface area (Å²) in [6.45, 7) is 11.5. The Labute approximate surface area is 124 Å². The highest BCUT2D eigenvalue weighted by atomic mass is 15.2. The van der Waals surface area contributed by atoms with Crippen LogP contribution in [-0.4, -0.2) is 36.6 Å². The smallest absolute Gasteiger partial charge is 0.0252 e. The first-order valence-corrected chi connectivity index (χ1v) is 8.10. The van der Waals surface area contributed by atoms with Crippen molar-refractivity contribution in [3.05, 3.63) is 35.9 Å². The molecule has 1 N–H and O–H groups in total. The molecule has 0 spiro atoms. The number of nitrogens with one attached hydrogen (secondary N) is 1. The van der Waals surface area contributed by atoms with Gasteiger partial charge in [0.05, 0.1) is 0 Å². The molecule has 0 amide bonds. The molecule has 0 unspecified atom stereocenters. The molecule has 1 aromatic carbocycles. The van der Waals surface area contributed by atoms with E-state index in [0.29, 0.717) is 0 Å². The van der Waals surface area contributed by atoms with E-state index in [1.54, 1.807) is 0 Å². The van der Waals surface area contributed by atoms with Crippen LogP contribution in [0, 0.1) is 5.92 Å². The van der Waals surface area contributed by atoms with Gasteiger partial charge in [0.1, 0.15) is 0 Å². The molecule has 1 aliphatic rings. The monoisotopic (exact) mass is 274 g/mol. The number of likely N-dealkylation sites (tertiary alicyclic amines) is 1. The van der Waals surface area contributed by atoms with Crippen LogP contribution in [0.3, 0.4) is 0 Å². The van der Waals surface area contributed by atoms with Gasteiger partial charge in [-0.1, -0.05) is 37.3 Å². The SMILES string of the molecule is CCNC(C)(C)CN1CCC(Cc2ccccc2)CC1. The molecule has 0 radical (unpaired) electrons. The van der Waals surface area contributed by atoms with Gasteiger partial charge >= 0.3 is 0 Å². The van der Waals surface area contributed by atoms with Gasteiger partial charge in [-0.25, -0.2) is 0 Å². The van der Waals surface area contributed by atoms with E-state index in [9.17, 15) is 0 Å². The van der Waals surface area contributed by atoms with Crippen LogP contribution in [-0.2, 0) is 6.42 Å². The Bertz CT molecular complexity index is 378. The second-order valence-electron chi connectivity index (χ2n) is 6.82. The number of rotatable bonds is 6. The third-order valence-electron chi connectivity index (χ3n) is 4.35. The van der Waals surface area contributed by atoms with E-state index in [1.807, 2.05) is 0 Å². The Morgan fingerprint density at radius 2 is 1.80 bits per heavy atom. The molecule has 2 heteroatoms. The number of hydrogen-bond acceptors (Lipinski definition) is 2. The van der Waals surface area contributed by atoms with E-state index in [4.69, 9.17) is 0 Å². The Morgan fingerprint density at radius 1 is 1.15 bits per heavy atom. The molecule has 0 atom stereocenters. The minimum Gasteiger partial charge on any atom is -0.311 e. The number of benzene rings is 1. The lowest BCUT2D eigenvalue weighted by atomic mass is 9.89. The largest absolute Gasteiger partial charge is 0.311 e. The predicted octanol–water partition coefficient (Wildman–Crippen LogP) is 3.33. The molecule has 1 saturated heterocycles. The predicted molar refractivity (Wildman–Crippen MR) is 87.1 cm³/mol. The van der Waals surface area contributed by atoms with Gasteiger partial charge in [0.2, 0.25) is 0 Å². The van der Waals surface area contributed by atoms with Crippen molar-refractivity contribution in [2.45, 2.75) is 45.6 Å². The Kier molecular flexibility index (Phi) is 5.62. The lowest BCUT2D eigenvalue weighted by molar-refractivity contribution is 0.145. The summed E-state index contributed by atoms with van der Waals surface area (Å²) in [5.74, 6) is 0.871. The van der Waals surface area contributed by atoms with Crippen molar-refractivity contribution < 1.29 is 0 Å². The van der Waals surface area contributed by atoms with Gasteiger partial charge in [0.25, 0.3) is 0 Å². The van der Waals surface area contributed by atoms with Gasteiger partial charge in [-0.2, -0.15) is 0 Å². The van der Waals surface area contributed by atoms with Crippen molar-refractivity contribution >= 4 is 0 Å². The molecule has 1 aliphatic heterocycles. The number of piperidine rings is 1. The van der Waals surface area contributed by atoms with Gasteiger partial charge in [0, 0.05) is 12.1 Å². The summed E-state index contributed by atoms with van der Waals surface area (Å²) in [5.41, 5.74) is 1.74. The summed E-state index contributed by atoms with van der Waals surface area (Å²) in [7, 11) is 0. The number of nitrogens with zero attached hydrogens (tertiary/aromatic N) is 1. The maximum absolute atomic E-state index is 3.58. The van der Waals surface area contributed by atoms with Crippen LogP contribution >= 0.6 is 0 Å². The van der Waals surface area contributed by atoms with Crippen LogP contribution in [0.4, 0.5) is 0 Å². The van der Waals surface area contributed by atoms with E-state index in [-0.39, 0.29) is 5.54 Å². The normalized spacial score (nSPS) is 18.4. The summed E-state index contributed by atoms with van der Waals surface area (Å²) in [4.78, 5) is 2.63. The second-order valence-corrected chi connectivity index (χ2v) is 6.82. The van der Waals surface area contributed by atoms with Crippen molar-refractivity contribution in [3.8, 4) is 0 Å². The lowest BCUT2D eigenvalue weighted by Gasteiger charge is -2.38. The topological polar surface area (TPSA) is 15.3 Å². The molecule has 1 fully saturated rings. The van der Waals surface area contributed by atoms with Crippen molar-refractivity contribution in [3.63, 3.8) is 0 Å². The average Bonchev–Trinajstić information content (AvgIpc) is 2.42. The summed E-state index contributed by atoms with van der Waals surface area (Å²) in [6, 6.07) is 10.9. The van der Waals surface area contributed by atoms with Crippen LogP contribution in [0.25, 0.3) is 0 Å². The molecule has 0 aromatic heterocycles. The molecule has 112 valence electrons. The molecule has 2 nitrogen and oxygen atoms in total. The van der Waals surface area contributed by atoms with E-state index in [0.717, 1.165) is 12.5 Å². The highest BCUT2D eigenvalue weighted by molar-refractivity contribution is 5.15. The minimum atomic E-state index is 0.237. The second kappa shape index (κ2) is 7.24. The molecular formula is C18H30N2. The zero-order valence-corrected chi connectivity index (χ0v) is 13.4. The molecule has 0 aliphatic carbocycles. The minimum absolute atomic E-state index is 0.237. The first-order chi connectivity index (χ1) is 9.59. The molecule has 0 bridgehead atoms. The third kappa shape index (κ3) is 4.92. The molecule has 2 rings (SSSR count). The molecule has 0 saturated carbocycles. The fourth-order valence-electron chi connectivity index (χ4n) is 3.39. The fraction of sp³-hybridized carbons (Fsp3) is 0.667. The van der Waals surface area contributed by atoms with Crippen molar-refractivity contribution in [2.24, 2.45) is 5.92 Å². The number of hydrogen-bond donors (Lipinski definition) is 1. The Hall–Kier alpha value is -0.860. The van der Waals surface area contributed by atoms with E-state index in [2.05, 4.69) is 61.3 Å². The van der Waals surface area contributed by atoms with Crippen LogP contribution in [0.2, 0.25) is 0 Å². The summed E-state index contributed by atoms with van der Waals surface area (Å²) < 4.78 is 0. The van der Waals surface area contributed by atoms with Crippen LogP contribution in [0.5, 0.6) is 0 Å². The van der Waals surface area contributed by atoms with Gasteiger partial charge in [0.15, 0.2) is 0 Å². The zero-order chi connectivity index (χ0) is 14.4. The molecule has 20 heavy (non-hydrogen) atoms. The first-order valence-electron chi connectivity index (χ1n) is 8.10. The summed E-state index contributed by atoms with van der Waals surface area (Å²) in [5, 5.41) is 3.58. The molecular weight excluding hydrogens is 244 g/mol. The van der Waals surface area contributed by atoms with Gasteiger partial charge < -0.3 is 10.2 Å².